The Morgan fingerprint density at radius 3 is 2.86 bits per heavy atom. The highest BCUT2D eigenvalue weighted by Gasteiger charge is 2.40. The molecule has 1 saturated heterocycles. The number of phosphoric ester groups is 1. The molecule has 0 bridgehead atoms. The van der Waals surface area contributed by atoms with Crippen LogP contribution in [0.2, 0.25) is 0 Å². The van der Waals surface area contributed by atoms with Gasteiger partial charge in [0.2, 0.25) is 11.7 Å². The van der Waals surface area contributed by atoms with Crippen LogP contribution in [-0.2, 0) is 29.7 Å². The largest absolute Gasteiger partial charge is 0.756 e. The van der Waals surface area contributed by atoms with Crippen molar-refractivity contribution < 1.29 is 47.1 Å². The monoisotopic (exact) mass is 441 g/mol. The predicted molar refractivity (Wildman–Crippen MR) is 87.2 cm³/mol. The van der Waals surface area contributed by atoms with E-state index in [9.17, 15) is 23.9 Å². The number of anilines is 1. The molecule has 1 fully saturated rings. The molecule has 0 aromatic carbocycles. The highest BCUT2D eigenvalue weighted by Crippen LogP contribution is 2.55. The quantitative estimate of drug-likeness (QED) is 0.229. The van der Waals surface area contributed by atoms with Crippen molar-refractivity contribution in [3.05, 3.63) is 16.7 Å². The number of nitrogens with two attached hydrogens (primary N) is 1. The smallest absolute Gasteiger partial charge is 0.476 e. The van der Waals surface area contributed by atoms with Gasteiger partial charge >= 0.3 is 13.5 Å². The molecule has 1 aliphatic rings. The van der Waals surface area contributed by atoms with Crippen LogP contribution in [0.15, 0.2) is 11.1 Å². The molecule has 156 valence electrons. The number of ether oxygens (including phenoxy) is 1. The van der Waals surface area contributed by atoms with Gasteiger partial charge in [0, 0.05) is 6.42 Å². The zero-order valence-corrected chi connectivity index (χ0v) is 16.0. The summed E-state index contributed by atoms with van der Waals surface area (Å²) in [5.74, 6) is -0.147. The Labute approximate surface area is 156 Å². The fourth-order valence-electron chi connectivity index (χ4n) is 2.87. The summed E-state index contributed by atoms with van der Waals surface area (Å²) in [6, 6.07) is 0. The zero-order chi connectivity index (χ0) is 20.9. The maximum absolute atomic E-state index is 12.0. The molecule has 0 spiro atoms. The zero-order valence-electron chi connectivity index (χ0n) is 14.2. The molecule has 1 unspecified atom stereocenters. The van der Waals surface area contributed by atoms with Crippen molar-refractivity contribution in [2.75, 3.05) is 12.3 Å². The summed E-state index contributed by atoms with van der Waals surface area (Å²) < 4.78 is 38.3. The second-order valence-electron chi connectivity index (χ2n) is 6.02. The van der Waals surface area contributed by atoms with E-state index in [1.165, 1.54) is 15.5 Å². The first-order valence-corrected chi connectivity index (χ1v) is 10.7. The van der Waals surface area contributed by atoms with Gasteiger partial charge in [0.25, 0.3) is 19.3 Å². The lowest BCUT2D eigenvalue weighted by Crippen LogP contribution is -2.44. The standard InChI is InChI=1S/C11H17N5O10P2/c1-15-4-16(8-7(15)9(18)14-11(12)13-8)10-6(17)2-5(25-10)3-24-28(22,23)26-27(19,20)21/h4-6,10,17H,2-3H2,1H3,(H5-,12,13,14,18,19,20,21,22,23)/t5-,6+,10+/m0/s1. The third-order valence-electron chi connectivity index (χ3n) is 3.85. The van der Waals surface area contributed by atoms with Crippen LogP contribution in [0.3, 0.4) is 0 Å². The first-order valence-electron chi connectivity index (χ1n) is 7.68. The summed E-state index contributed by atoms with van der Waals surface area (Å²) in [5, 5.41) is 10.3. The highest BCUT2D eigenvalue weighted by atomic mass is 31.3. The van der Waals surface area contributed by atoms with Gasteiger partial charge < -0.3 is 34.8 Å². The maximum atomic E-state index is 12.0. The summed E-state index contributed by atoms with van der Waals surface area (Å²) >= 11 is 0. The Morgan fingerprint density at radius 2 is 2.21 bits per heavy atom. The van der Waals surface area contributed by atoms with Crippen LogP contribution in [0.4, 0.5) is 5.95 Å². The van der Waals surface area contributed by atoms with Crippen molar-refractivity contribution in [3.63, 3.8) is 0 Å². The minimum atomic E-state index is -5.31. The number of nitrogens with zero attached hydrogens (tertiary/aromatic N) is 3. The van der Waals surface area contributed by atoms with Crippen LogP contribution in [-0.4, -0.2) is 48.2 Å². The number of hydrogen-bond donors (Lipinski definition) is 5. The number of phosphoric acid groups is 2. The van der Waals surface area contributed by atoms with Crippen molar-refractivity contribution in [1.29, 1.82) is 0 Å². The number of aryl methyl sites for hydroxylation is 1. The molecule has 2 aromatic heterocycles. The minimum Gasteiger partial charge on any atom is -0.756 e. The van der Waals surface area contributed by atoms with Gasteiger partial charge in [-0.05, 0) is 0 Å². The van der Waals surface area contributed by atoms with Gasteiger partial charge in [-0.2, -0.15) is 0 Å². The normalized spacial score (nSPS) is 25.2. The molecule has 3 heterocycles. The minimum absolute atomic E-state index is 0.0668. The number of aromatic amines is 1. The maximum Gasteiger partial charge on any atom is 0.476 e. The van der Waals surface area contributed by atoms with Crippen LogP contribution < -0.4 is 20.8 Å². The molecule has 28 heavy (non-hydrogen) atoms. The SMILES string of the molecule is Cn1c[n+]([C@@H]2O[C@H](COP(=O)([O-])OP(=O)(O)O)C[C@H]2O)c2nc(N)[nH]c(=O)c21. The topological polar surface area (TPSA) is 226 Å². The van der Waals surface area contributed by atoms with Gasteiger partial charge in [0.1, 0.15) is 6.10 Å². The van der Waals surface area contributed by atoms with Crippen LogP contribution in [0, 0.1) is 0 Å². The van der Waals surface area contributed by atoms with E-state index in [0.717, 1.165) is 0 Å². The summed E-state index contributed by atoms with van der Waals surface area (Å²) in [5.41, 5.74) is 5.35. The van der Waals surface area contributed by atoms with E-state index in [1.807, 2.05) is 0 Å². The molecule has 6 N–H and O–H groups in total. The molecular weight excluding hydrogens is 424 g/mol. The van der Waals surface area contributed by atoms with Crippen molar-refractivity contribution in [1.82, 2.24) is 14.5 Å². The first kappa shape index (κ1) is 21.0. The Bertz CT molecular complexity index is 1050. The number of fused-ring (bicyclic) bond motifs is 1. The van der Waals surface area contributed by atoms with Crippen LogP contribution >= 0.6 is 15.6 Å². The fraction of sp³-hybridized carbons (Fsp3) is 0.545. The number of nitrogens with one attached hydrogen (secondary N) is 1. The summed E-state index contributed by atoms with van der Waals surface area (Å²) in [4.78, 5) is 46.9. The molecular formula is C11H17N5O10P2. The van der Waals surface area contributed by atoms with E-state index in [2.05, 4.69) is 18.8 Å². The van der Waals surface area contributed by atoms with Crippen molar-refractivity contribution in [3.8, 4) is 0 Å². The van der Waals surface area contributed by atoms with Crippen molar-refractivity contribution in [2.45, 2.75) is 24.9 Å². The van der Waals surface area contributed by atoms with Crippen LogP contribution in [0.5, 0.6) is 0 Å². The number of rotatable bonds is 6. The molecule has 0 aliphatic carbocycles. The number of aliphatic hydroxyl groups is 1. The van der Waals surface area contributed by atoms with Gasteiger partial charge in [-0.1, -0.05) is 4.98 Å². The van der Waals surface area contributed by atoms with E-state index in [0.29, 0.717) is 0 Å². The molecule has 15 nitrogen and oxygen atoms in total. The van der Waals surface area contributed by atoms with Gasteiger partial charge in [0.15, 0.2) is 6.33 Å². The highest BCUT2D eigenvalue weighted by molar-refractivity contribution is 7.60. The summed E-state index contributed by atoms with van der Waals surface area (Å²) in [6.45, 7) is -0.657. The summed E-state index contributed by atoms with van der Waals surface area (Å²) in [7, 11) is -9.02. The average Bonchev–Trinajstić information content (AvgIpc) is 3.03. The van der Waals surface area contributed by atoms with E-state index in [4.69, 9.17) is 20.3 Å². The number of aliphatic hydroxyl groups excluding tert-OH is 1. The number of imidazole rings is 1. The fourth-order valence-corrected chi connectivity index (χ4v) is 4.45. The second-order valence-corrected chi connectivity index (χ2v) is 8.81. The number of hydrogen-bond acceptors (Lipinski definition) is 10. The Balaban J connectivity index is 1.78. The average molecular weight is 441 g/mol. The van der Waals surface area contributed by atoms with Gasteiger partial charge in [-0.15, -0.1) is 0 Å². The van der Waals surface area contributed by atoms with Gasteiger partial charge in [-0.25, -0.2) is 13.4 Å². The number of H-pyrrole nitrogens is 1. The third-order valence-corrected chi connectivity index (χ3v) is 5.97. The predicted octanol–water partition coefficient (Wildman–Crippen LogP) is -2.63. The summed E-state index contributed by atoms with van der Waals surface area (Å²) in [6.07, 6.45) is -1.74. The Kier molecular flexibility index (Phi) is 5.49. The van der Waals surface area contributed by atoms with Gasteiger partial charge in [-0.3, -0.25) is 18.9 Å². The lowest BCUT2D eigenvalue weighted by atomic mass is 10.2. The lowest BCUT2D eigenvalue weighted by molar-refractivity contribution is -0.745. The van der Waals surface area contributed by atoms with Crippen molar-refractivity contribution in [2.24, 2.45) is 7.05 Å². The third kappa shape index (κ3) is 4.49. The molecule has 3 rings (SSSR count). The van der Waals surface area contributed by atoms with E-state index in [1.54, 1.807) is 7.05 Å². The van der Waals surface area contributed by atoms with Crippen molar-refractivity contribution >= 4 is 32.8 Å². The number of aromatic nitrogens is 4. The lowest BCUT2D eigenvalue weighted by Gasteiger charge is -2.23. The Morgan fingerprint density at radius 1 is 1.54 bits per heavy atom. The second kappa shape index (κ2) is 7.30. The van der Waals surface area contributed by atoms with Crippen LogP contribution in [0.1, 0.15) is 12.6 Å². The molecule has 1 aliphatic heterocycles. The molecule has 2 aromatic rings. The Hall–Kier alpha value is -1.67. The first-order chi connectivity index (χ1) is 12.9. The number of nitrogen functional groups attached to an aromatic ring is 1. The van der Waals surface area contributed by atoms with E-state index >= 15 is 0 Å². The molecule has 4 atom stereocenters. The van der Waals surface area contributed by atoms with Crippen LogP contribution in [0.25, 0.3) is 11.2 Å². The molecule has 0 amide bonds. The molecule has 0 saturated carbocycles. The van der Waals surface area contributed by atoms with Gasteiger partial charge in [0.05, 0.1) is 19.8 Å². The van der Waals surface area contributed by atoms with E-state index < -0.39 is 46.2 Å². The molecule has 0 radical (unpaired) electrons. The molecule has 17 heteroatoms. The van der Waals surface area contributed by atoms with E-state index in [-0.39, 0.29) is 23.5 Å².